The van der Waals surface area contributed by atoms with Crippen LogP contribution in [0.3, 0.4) is 0 Å². The zero-order valence-corrected chi connectivity index (χ0v) is 11.5. The van der Waals surface area contributed by atoms with Gasteiger partial charge in [-0.25, -0.2) is 4.79 Å². The summed E-state index contributed by atoms with van der Waals surface area (Å²) in [6.07, 6.45) is 2.16. The molecule has 1 aromatic rings. The van der Waals surface area contributed by atoms with Gasteiger partial charge in [0.2, 0.25) is 0 Å². The van der Waals surface area contributed by atoms with Gasteiger partial charge in [-0.2, -0.15) is 0 Å². The molecule has 6 heteroatoms. The monoisotopic (exact) mass is 284 g/mol. The second-order valence-corrected chi connectivity index (χ2v) is 4.75. The highest BCUT2D eigenvalue weighted by Crippen LogP contribution is 2.27. The van der Waals surface area contributed by atoms with E-state index in [4.69, 9.17) is 21.1 Å². The molecule has 1 heterocycles. The third-order valence-corrected chi connectivity index (χ3v) is 3.16. The third kappa shape index (κ3) is 4.01. The minimum atomic E-state index is -0.295. The van der Waals surface area contributed by atoms with Crippen molar-refractivity contribution < 1.29 is 14.3 Å². The molecule has 1 fully saturated rings. The number of rotatable bonds is 4. The van der Waals surface area contributed by atoms with Crippen LogP contribution in [0.4, 0.5) is 10.5 Å². The molecule has 1 unspecified atom stereocenters. The number of halogens is 1. The van der Waals surface area contributed by atoms with E-state index < -0.39 is 0 Å². The molecule has 0 bridgehead atoms. The third-order valence-electron chi connectivity index (χ3n) is 2.92. The molecule has 2 amide bonds. The summed E-state index contributed by atoms with van der Waals surface area (Å²) in [4.78, 5) is 11.8. The normalized spacial score (nSPS) is 18.1. The van der Waals surface area contributed by atoms with E-state index in [-0.39, 0.29) is 12.1 Å². The van der Waals surface area contributed by atoms with E-state index in [0.29, 0.717) is 23.0 Å². The standard InChI is InChI=1S/C13H17ClN2O3/c1-18-12-5-4-9(14)7-11(12)16-13(17)15-8-10-3-2-6-19-10/h4-5,7,10H,2-3,6,8H2,1H3,(H2,15,16,17). The van der Waals surface area contributed by atoms with Gasteiger partial charge < -0.3 is 20.1 Å². The fraction of sp³-hybridized carbons (Fsp3) is 0.462. The van der Waals surface area contributed by atoms with Crippen molar-refractivity contribution in [3.63, 3.8) is 0 Å². The fourth-order valence-corrected chi connectivity index (χ4v) is 2.13. The molecule has 1 saturated heterocycles. The molecule has 104 valence electrons. The van der Waals surface area contributed by atoms with Gasteiger partial charge >= 0.3 is 6.03 Å². The summed E-state index contributed by atoms with van der Waals surface area (Å²) < 4.78 is 10.6. The van der Waals surface area contributed by atoms with Crippen molar-refractivity contribution in [2.24, 2.45) is 0 Å². The summed E-state index contributed by atoms with van der Waals surface area (Å²) in [5.74, 6) is 0.566. The molecule has 0 aliphatic carbocycles. The van der Waals surface area contributed by atoms with Crippen molar-refractivity contribution in [1.82, 2.24) is 5.32 Å². The number of methoxy groups -OCH3 is 1. The predicted octanol–water partition coefficient (Wildman–Crippen LogP) is 2.65. The van der Waals surface area contributed by atoms with Crippen LogP contribution in [0.5, 0.6) is 5.75 Å². The van der Waals surface area contributed by atoms with Gasteiger partial charge in [0.15, 0.2) is 0 Å². The Morgan fingerprint density at radius 3 is 3.11 bits per heavy atom. The Morgan fingerprint density at radius 1 is 1.58 bits per heavy atom. The van der Waals surface area contributed by atoms with Crippen molar-refractivity contribution in [1.29, 1.82) is 0 Å². The Balaban J connectivity index is 1.88. The van der Waals surface area contributed by atoms with E-state index in [1.54, 1.807) is 25.3 Å². The van der Waals surface area contributed by atoms with Crippen molar-refractivity contribution in [3.8, 4) is 5.75 Å². The zero-order valence-electron chi connectivity index (χ0n) is 10.7. The topological polar surface area (TPSA) is 59.6 Å². The van der Waals surface area contributed by atoms with E-state index in [9.17, 15) is 4.79 Å². The van der Waals surface area contributed by atoms with Crippen molar-refractivity contribution in [2.45, 2.75) is 18.9 Å². The number of hydrogen-bond acceptors (Lipinski definition) is 3. The van der Waals surface area contributed by atoms with E-state index in [2.05, 4.69) is 10.6 Å². The molecule has 0 aromatic heterocycles. The molecule has 1 aliphatic rings. The number of anilines is 1. The van der Waals surface area contributed by atoms with Crippen LogP contribution in [0.1, 0.15) is 12.8 Å². The van der Waals surface area contributed by atoms with E-state index in [1.807, 2.05) is 0 Å². The highest BCUT2D eigenvalue weighted by molar-refractivity contribution is 6.31. The zero-order chi connectivity index (χ0) is 13.7. The van der Waals surface area contributed by atoms with Crippen LogP contribution in [-0.2, 0) is 4.74 Å². The summed E-state index contributed by atoms with van der Waals surface area (Å²) in [6.45, 7) is 1.28. The van der Waals surface area contributed by atoms with Crippen LogP contribution < -0.4 is 15.4 Å². The van der Waals surface area contributed by atoms with Gasteiger partial charge in [0.05, 0.1) is 18.9 Å². The molecule has 19 heavy (non-hydrogen) atoms. The SMILES string of the molecule is COc1ccc(Cl)cc1NC(=O)NCC1CCCO1. The van der Waals surface area contributed by atoms with Crippen LogP contribution in [-0.4, -0.2) is 32.4 Å². The molecule has 2 N–H and O–H groups in total. The van der Waals surface area contributed by atoms with Gasteiger partial charge in [-0.1, -0.05) is 11.6 Å². The number of amides is 2. The molecule has 0 spiro atoms. The minimum Gasteiger partial charge on any atom is -0.495 e. The maximum absolute atomic E-state index is 11.8. The van der Waals surface area contributed by atoms with Crippen LogP contribution in [0.15, 0.2) is 18.2 Å². The predicted molar refractivity (Wildman–Crippen MR) is 74.0 cm³/mol. The van der Waals surface area contributed by atoms with E-state index >= 15 is 0 Å². The van der Waals surface area contributed by atoms with E-state index in [1.165, 1.54) is 0 Å². The number of nitrogens with one attached hydrogen (secondary N) is 2. The second kappa shape index (κ2) is 6.63. The van der Waals surface area contributed by atoms with Crippen LogP contribution in [0.2, 0.25) is 5.02 Å². The summed E-state index contributed by atoms with van der Waals surface area (Å²) in [5.41, 5.74) is 0.542. The van der Waals surface area contributed by atoms with Gasteiger partial charge in [0.1, 0.15) is 5.75 Å². The summed E-state index contributed by atoms with van der Waals surface area (Å²) >= 11 is 5.89. The molecule has 5 nitrogen and oxygen atoms in total. The largest absolute Gasteiger partial charge is 0.495 e. The van der Waals surface area contributed by atoms with Gasteiger partial charge in [0.25, 0.3) is 0 Å². The summed E-state index contributed by atoms with van der Waals surface area (Å²) in [6, 6.07) is 4.76. The van der Waals surface area contributed by atoms with Gasteiger partial charge in [-0.3, -0.25) is 0 Å². The highest BCUT2D eigenvalue weighted by Gasteiger charge is 2.16. The number of carbonyl (C=O) groups is 1. The first-order valence-electron chi connectivity index (χ1n) is 6.19. The molecular formula is C13H17ClN2O3. The van der Waals surface area contributed by atoms with Crippen LogP contribution >= 0.6 is 11.6 Å². The number of benzene rings is 1. The van der Waals surface area contributed by atoms with Gasteiger partial charge in [-0.05, 0) is 31.0 Å². The number of ether oxygens (including phenoxy) is 2. The van der Waals surface area contributed by atoms with Gasteiger partial charge in [-0.15, -0.1) is 0 Å². The Bertz CT molecular complexity index is 448. The van der Waals surface area contributed by atoms with E-state index in [0.717, 1.165) is 19.4 Å². The molecular weight excluding hydrogens is 268 g/mol. The highest BCUT2D eigenvalue weighted by atomic mass is 35.5. The first-order chi connectivity index (χ1) is 9.19. The Morgan fingerprint density at radius 2 is 2.42 bits per heavy atom. The Labute approximate surface area is 117 Å². The lowest BCUT2D eigenvalue weighted by molar-refractivity contribution is 0.112. The maximum atomic E-state index is 11.8. The Hall–Kier alpha value is -1.46. The number of hydrogen-bond donors (Lipinski definition) is 2. The molecule has 0 radical (unpaired) electrons. The maximum Gasteiger partial charge on any atom is 0.319 e. The Kier molecular flexibility index (Phi) is 4.87. The van der Waals surface area contributed by atoms with Crippen molar-refractivity contribution in [2.75, 3.05) is 25.6 Å². The second-order valence-electron chi connectivity index (χ2n) is 4.31. The quantitative estimate of drug-likeness (QED) is 0.893. The molecule has 0 saturated carbocycles. The van der Waals surface area contributed by atoms with Crippen molar-refractivity contribution in [3.05, 3.63) is 23.2 Å². The minimum absolute atomic E-state index is 0.118. The van der Waals surface area contributed by atoms with Crippen molar-refractivity contribution >= 4 is 23.3 Å². The molecule has 1 atom stereocenters. The average molecular weight is 285 g/mol. The lowest BCUT2D eigenvalue weighted by Gasteiger charge is -2.13. The summed E-state index contributed by atoms with van der Waals surface area (Å²) in [5, 5.41) is 6.02. The lowest BCUT2D eigenvalue weighted by atomic mass is 10.2. The molecule has 1 aromatic carbocycles. The number of urea groups is 1. The average Bonchev–Trinajstić information content (AvgIpc) is 2.90. The summed E-state index contributed by atoms with van der Waals surface area (Å²) in [7, 11) is 1.54. The van der Waals surface area contributed by atoms with Gasteiger partial charge in [0, 0.05) is 18.2 Å². The van der Waals surface area contributed by atoms with Crippen LogP contribution in [0, 0.1) is 0 Å². The van der Waals surface area contributed by atoms with Crippen LogP contribution in [0.25, 0.3) is 0 Å². The smallest absolute Gasteiger partial charge is 0.319 e. The lowest BCUT2D eigenvalue weighted by Crippen LogP contribution is -2.35. The molecule has 1 aliphatic heterocycles. The molecule has 2 rings (SSSR count). The first-order valence-corrected chi connectivity index (χ1v) is 6.57. The first kappa shape index (κ1) is 14.0. The number of carbonyl (C=O) groups excluding carboxylic acids is 1. The fourth-order valence-electron chi connectivity index (χ4n) is 1.96.